The smallest absolute Gasteiger partial charge is 0.328 e. The Morgan fingerprint density at radius 3 is 3.00 bits per heavy atom. The van der Waals surface area contributed by atoms with Gasteiger partial charge in [0.25, 0.3) is 0 Å². The van der Waals surface area contributed by atoms with E-state index in [0.29, 0.717) is 6.54 Å². The zero-order valence-corrected chi connectivity index (χ0v) is 11.9. The van der Waals surface area contributed by atoms with E-state index in [0.717, 1.165) is 42.3 Å². The summed E-state index contributed by atoms with van der Waals surface area (Å²) in [5.41, 5.74) is 6.32. The van der Waals surface area contributed by atoms with E-state index in [2.05, 4.69) is 4.90 Å². The SMILES string of the molecule is NC(=O)C1CCCCN1Cc1cc(C=CC(=O)O)cs1. The molecule has 1 aliphatic heterocycles. The number of amides is 1. The fourth-order valence-electron chi connectivity index (χ4n) is 2.44. The van der Waals surface area contributed by atoms with Gasteiger partial charge in [-0.25, -0.2) is 4.79 Å². The van der Waals surface area contributed by atoms with Gasteiger partial charge >= 0.3 is 5.97 Å². The molecule has 1 atom stereocenters. The minimum absolute atomic E-state index is 0.177. The second kappa shape index (κ2) is 6.67. The molecule has 0 aromatic carbocycles. The molecule has 108 valence electrons. The van der Waals surface area contributed by atoms with E-state index >= 15 is 0 Å². The zero-order valence-electron chi connectivity index (χ0n) is 11.1. The van der Waals surface area contributed by atoms with E-state index in [1.165, 1.54) is 0 Å². The number of carboxylic acid groups (broad SMARTS) is 1. The van der Waals surface area contributed by atoms with Crippen molar-refractivity contribution in [3.05, 3.63) is 28.0 Å². The van der Waals surface area contributed by atoms with Gasteiger partial charge in [0.1, 0.15) is 0 Å². The molecule has 3 N–H and O–H groups in total. The van der Waals surface area contributed by atoms with E-state index in [-0.39, 0.29) is 11.9 Å². The van der Waals surface area contributed by atoms with Crippen LogP contribution in [-0.4, -0.2) is 34.5 Å². The molecule has 0 radical (unpaired) electrons. The number of carboxylic acids is 1. The highest BCUT2D eigenvalue weighted by molar-refractivity contribution is 7.10. The minimum atomic E-state index is -0.956. The highest BCUT2D eigenvalue weighted by Gasteiger charge is 2.26. The van der Waals surface area contributed by atoms with Crippen LogP contribution < -0.4 is 5.73 Å². The Labute approximate surface area is 121 Å². The first-order valence-electron chi connectivity index (χ1n) is 6.58. The number of primary amides is 1. The molecule has 1 aliphatic rings. The lowest BCUT2D eigenvalue weighted by Crippen LogP contribution is -2.46. The molecule has 0 saturated carbocycles. The number of likely N-dealkylation sites (tertiary alicyclic amines) is 1. The largest absolute Gasteiger partial charge is 0.478 e. The van der Waals surface area contributed by atoms with Gasteiger partial charge in [-0.3, -0.25) is 9.69 Å². The Hall–Kier alpha value is -1.66. The van der Waals surface area contributed by atoms with Gasteiger partial charge in [0.05, 0.1) is 6.04 Å². The average molecular weight is 294 g/mol. The lowest BCUT2D eigenvalue weighted by Gasteiger charge is -2.33. The number of aliphatic carboxylic acids is 1. The highest BCUT2D eigenvalue weighted by Crippen LogP contribution is 2.23. The Morgan fingerprint density at radius 1 is 1.50 bits per heavy atom. The highest BCUT2D eigenvalue weighted by atomic mass is 32.1. The van der Waals surface area contributed by atoms with Crippen LogP contribution in [-0.2, 0) is 16.1 Å². The fraction of sp³-hybridized carbons (Fsp3) is 0.429. The summed E-state index contributed by atoms with van der Waals surface area (Å²) < 4.78 is 0. The summed E-state index contributed by atoms with van der Waals surface area (Å²) in [5.74, 6) is -1.21. The van der Waals surface area contributed by atoms with E-state index in [4.69, 9.17) is 10.8 Å². The maximum atomic E-state index is 11.4. The molecule has 6 heteroatoms. The van der Waals surface area contributed by atoms with Crippen molar-refractivity contribution in [2.75, 3.05) is 6.54 Å². The maximum Gasteiger partial charge on any atom is 0.328 e. The van der Waals surface area contributed by atoms with Crippen LogP contribution in [0.1, 0.15) is 29.7 Å². The zero-order chi connectivity index (χ0) is 14.5. The standard InChI is InChI=1S/C14H18N2O3S/c15-14(19)12-3-1-2-6-16(12)8-11-7-10(9-20-11)4-5-13(17)18/h4-5,7,9,12H,1-3,6,8H2,(H2,15,19)(H,17,18). The molecule has 1 aromatic rings. The van der Waals surface area contributed by atoms with Crippen molar-refractivity contribution in [3.63, 3.8) is 0 Å². The first-order valence-corrected chi connectivity index (χ1v) is 7.46. The van der Waals surface area contributed by atoms with Crippen molar-refractivity contribution >= 4 is 29.3 Å². The van der Waals surface area contributed by atoms with Crippen molar-refractivity contribution in [2.24, 2.45) is 5.73 Å². The molecule has 1 aromatic heterocycles. The van der Waals surface area contributed by atoms with E-state index in [9.17, 15) is 9.59 Å². The number of hydrogen-bond donors (Lipinski definition) is 2. The molecule has 0 aliphatic carbocycles. The van der Waals surface area contributed by atoms with Crippen LogP contribution in [0, 0.1) is 0 Å². The maximum absolute atomic E-state index is 11.4. The molecule has 2 heterocycles. The predicted molar refractivity (Wildman–Crippen MR) is 78.2 cm³/mol. The third kappa shape index (κ3) is 3.91. The summed E-state index contributed by atoms with van der Waals surface area (Å²) >= 11 is 1.57. The van der Waals surface area contributed by atoms with Crippen molar-refractivity contribution in [1.29, 1.82) is 0 Å². The Morgan fingerprint density at radius 2 is 2.30 bits per heavy atom. The number of nitrogens with zero attached hydrogens (tertiary/aromatic N) is 1. The van der Waals surface area contributed by atoms with Crippen molar-refractivity contribution in [1.82, 2.24) is 4.90 Å². The molecule has 2 rings (SSSR count). The van der Waals surface area contributed by atoms with Crippen LogP contribution in [0.25, 0.3) is 6.08 Å². The van der Waals surface area contributed by atoms with Gasteiger partial charge in [0.2, 0.25) is 5.91 Å². The summed E-state index contributed by atoms with van der Waals surface area (Å²) in [5, 5.41) is 10.5. The first kappa shape index (κ1) is 14.7. The van der Waals surface area contributed by atoms with E-state index in [1.807, 2.05) is 11.4 Å². The Balaban J connectivity index is 2.01. The second-order valence-corrected chi connectivity index (χ2v) is 5.90. The van der Waals surface area contributed by atoms with Crippen molar-refractivity contribution in [2.45, 2.75) is 31.8 Å². The lowest BCUT2D eigenvalue weighted by molar-refractivity contribution is -0.131. The first-order chi connectivity index (χ1) is 9.56. The molecular weight excluding hydrogens is 276 g/mol. The van der Waals surface area contributed by atoms with E-state index < -0.39 is 5.97 Å². The molecule has 1 saturated heterocycles. The summed E-state index contributed by atoms with van der Waals surface area (Å²) in [6.45, 7) is 1.57. The summed E-state index contributed by atoms with van der Waals surface area (Å²) in [7, 11) is 0. The van der Waals surface area contributed by atoms with Crippen molar-refractivity contribution in [3.8, 4) is 0 Å². The van der Waals surface area contributed by atoms with Gasteiger partial charge < -0.3 is 10.8 Å². The number of thiophene rings is 1. The summed E-state index contributed by atoms with van der Waals surface area (Å²) in [6, 6.07) is 1.78. The third-order valence-corrected chi connectivity index (χ3v) is 4.33. The fourth-order valence-corrected chi connectivity index (χ4v) is 3.32. The van der Waals surface area contributed by atoms with E-state index in [1.54, 1.807) is 17.4 Å². The summed E-state index contributed by atoms with van der Waals surface area (Å²) in [4.78, 5) is 25.1. The van der Waals surface area contributed by atoms with Crippen LogP contribution in [0.15, 0.2) is 17.5 Å². The normalized spacial score (nSPS) is 20.3. The minimum Gasteiger partial charge on any atom is -0.478 e. The molecule has 20 heavy (non-hydrogen) atoms. The third-order valence-electron chi connectivity index (χ3n) is 3.39. The number of rotatable bonds is 5. The predicted octanol–water partition coefficient (Wildman–Crippen LogP) is 1.69. The quantitative estimate of drug-likeness (QED) is 0.809. The number of carbonyl (C=O) groups excluding carboxylic acids is 1. The van der Waals surface area contributed by atoms with Gasteiger partial charge in [-0.15, -0.1) is 11.3 Å². The number of hydrogen-bond acceptors (Lipinski definition) is 4. The molecule has 1 amide bonds. The second-order valence-electron chi connectivity index (χ2n) is 4.90. The monoisotopic (exact) mass is 294 g/mol. The molecule has 1 fully saturated rings. The van der Waals surface area contributed by atoms with Gasteiger partial charge in [0.15, 0.2) is 0 Å². The number of piperidine rings is 1. The van der Waals surface area contributed by atoms with Crippen LogP contribution in [0.5, 0.6) is 0 Å². The van der Waals surface area contributed by atoms with Gasteiger partial charge in [-0.2, -0.15) is 0 Å². The number of nitrogens with two attached hydrogens (primary N) is 1. The molecular formula is C14H18N2O3S. The van der Waals surface area contributed by atoms with Crippen molar-refractivity contribution < 1.29 is 14.7 Å². The topological polar surface area (TPSA) is 83.6 Å². The van der Waals surface area contributed by atoms with Crippen LogP contribution in [0.2, 0.25) is 0 Å². The lowest BCUT2D eigenvalue weighted by atomic mass is 10.0. The number of carbonyl (C=O) groups is 2. The Bertz CT molecular complexity index is 524. The molecule has 5 nitrogen and oxygen atoms in total. The summed E-state index contributed by atoms with van der Waals surface area (Å²) in [6.07, 6.45) is 5.65. The van der Waals surface area contributed by atoms with Crippen LogP contribution in [0.3, 0.4) is 0 Å². The van der Waals surface area contributed by atoms with Gasteiger partial charge in [0, 0.05) is 17.5 Å². The Kier molecular flexibility index (Phi) is 4.92. The van der Waals surface area contributed by atoms with Gasteiger partial charge in [-0.05, 0) is 42.5 Å². The van der Waals surface area contributed by atoms with Gasteiger partial charge in [-0.1, -0.05) is 6.42 Å². The molecule has 0 spiro atoms. The van der Waals surface area contributed by atoms with Crippen LogP contribution in [0.4, 0.5) is 0 Å². The molecule has 0 bridgehead atoms. The molecule has 1 unspecified atom stereocenters. The average Bonchev–Trinajstić information content (AvgIpc) is 2.84. The van der Waals surface area contributed by atoms with Crippen LogP contribution >= 0.6 is 11.3 Å².